The molecular formula is C4H6N2. The molecule has 0 aliphatic heterocycles. The zero-order valence-corrected chi connectivity index (χ0v) is 3.60. The van der Waals surface area contributed by atoms with Gasteiger partial charge in [0.1, 0.15) is 11.8 Å². The molecule has 0 fully saturated rings. The van der Waals surface area contributed by atoms with Crippen molar-refractivity contribution in [2.45, 2.75) is 6.92 Å². The highest BCUT2D eigenvalue weighted by Gasteiger charge is 1.71. The van der Waals surface area contributed by atoms with Gasteiger partial charge in [0, 0.05) is 0 Å². The van der Waals surface area contributed by atoms with Crippen molar-refractivity contribution in [1.29, 1.82) is 5.26 Å². The lowest BCUT2D eigenvalue weighted by Gasteiger charge is -1.72. The van der Waals surface area contributed by atoms with Crippen molar-refractivity contribution in [3.63, 3.8) is 0 Å². The third-order valence-corrected chi connectivity index (χ3v) is 0.440. The summed E-state index contributed by atoms with van der Waals surface area (Å²) >= 11 is 0. The van der Waals surface area contributed by atoms with Gasteiger partial charge in [0.15, 0.2) is 0 Å². The Kier molecular flexibility index (Phi) is 1.91. The van der Waals surface area contributed by atoms with Gasteiger partial charge in [0.05, 0.1) is 0 Å². The maximum Gasteiger partial charge on any atom is 0.116 e. The van der Waals surface area contributed by atoms with Gasteiger partial charge in [0.2, 0.25) is 0 Å². The predicted octanol–water partition coefficient (Wildman–Crippen LogP) is 0.372. The standard InChI is InChI=1S/C4H6N2/c1-2-4(6)3-5/h2H,6H2,1H3. The lowest BCUT2D eigenvalue weighted by molar-refractivity contribution is 1.37. The molecule has 0 aliphatic rings. The summed E-state index contributed by atoms with van der Waals surface area (Å²) in [4.78, 5) is 0. The normalized spacial score (nSPS) is 10.3. The van der Waals surface area contributed by atoms with E-state index in [-0.39, 0.29) is 5.70 Å². The molecule has 0 radical (unpaired) electrons. The molecule has 0 atom stereocenters. The molecule has 32 valence electrons. The molecule has 0 heterocycles. The molecule has 6 heavy (non-hydrogen) atoms. The average molecular weight is 82.1 g/mol. The third kappa shape index (κ3) is 1.36. The van der Waals surface area contributed by atoms with Gasteiger partial charge in [-0.25, -0.2) is 0 Å². The fourth-order valence-corrected chi connectivity index (χ4v) is 0.0645. The van der Waals surface area contributed by atoms with Gasteiger partial charge in [-0.15, -0.1) is 0 Å². The minimum absolute atomic E-state index is 0.273. The van der Waals surface area contributed by atoms with Crippen molar-refractivity contribution in [3.8, 4) is 6.07 Å². The van der Waals surface area contributed by atoms with Crippen molar-refractivity contribution < 1.29 is 0 Å². The molecule has 2 nitrogen and oxygen atoms in total. The smallest absolute Gasteiger partial charge is 0.116 e. The first-order valence-electron chi connectivity index (χ1n) is 1.63. The van der Waals surface area contributed by atoms with E-state index in [4.69, 9.17) is 11.0 Å². The van der Waals surface area contributed by atoms with E-state index in [9.17, 15) is 0 Å². The minimum Gasteiger partial charge on any atom is -0.390 e. The second-order valence-corrected chi connectivity index (χ2v) is 0.856. The van der Waals surface area contributed by atoms with Gasteiger partial charge >= 0.3 is 0 Å². The van der Waals surface area contributed by atoms with Crippen molar-refractivity contribution in [1.82, 2.24) is 0 Å². The Morgan fingerprint density at radius 1 is 2.00 bits per heavy atom. The first-order chi connectivity index (χ1) is 2.81. The maximum absolute atomic E-state index is 7.89. The van der Waals surface area contributed by atoms with Gasteiger partial charge < -0.3 is 5.73 Å². The molecular weight excluding hydrogens is 76.1 g/mol. The van der Waals surface area contributed by atoms with E-state index in [0.29, 0.717) is 0 Å². The van der Waals surface area contributed by atoms with Crippen LogP contribution in [-0.4, -0.2) is 0 Å². The lowest BCUT2D eigenvalue weighted by atomic mass is 10.5. The number of hydrogen-bond donors (Lipinski definition) is 1. The average Bonchev–Trinajstić information content (AvgIpc) is 1.65. The van der Waals surface area contributed by atoms with E-state index in [1.165, 1.54) is 0 Å². The van der Waals surface area contributed by atoms with Crippen LogP contribution in [0.3, 0.4) is 0 Å². The van der Waals surface area contributed by atoms with Crippen LogP contribution in [0.2, 0.25) is 0 Å². The van der Waals surface area contributed by atoms with Crippen LogP contribution in [0.4, 0.5) is 0 Å². The van der Waals surface area contributed by atoms with Crippen molar-refractivity contribution in [3.05, 3.63) is 11.8 Å². The first kappa shape index (κ1) is 5.03. The second kappa shape index (κ2) is 2.28. The van der Waals surface area contributed by atoms with Gasteiger partial charge in [0.25, 0.3) is 0 Å². The molecule has 0 rings (SSSR count). The summed E-state index contributed by atoms with van der Waals surface area (Å²) in [6, 6.07) is 1.75. The van der Waals surface area contributed by atoms with E-state index in [1.807, 2.05) is 0 Å². The summed E-state index contributed by atoms with van der Waals surface area (Å²) in [7, 11) is 0. The van der Waals surface area contributed by atoms with Crippen LogP contribution in [0.1, 0.15) is 6.92 Å². The molecule has 2 N–H and O–H groups in total. The molecule has 0 aliphatic carbocycles. The Hall–Kier alpha value is -0.970. The highest BCUT2D eigenvalue weighted by atomic mass is 14.6. The molecule has 0 saturated carbocycles. The molecule has 0 saturated heterocycles. The quantitative estimate of drug-likeness (QED) is 0.429. The number of hydrogen-bond acceptors (Lipinski definition) is 2. The van der Waals surface area contributed by atoms with Crippen LogP contribution in [0.25, 0.3) is 0 Å². The molecule has 0 unspecified atom stereocenters. The topological polar surface area (TPSA) is 49.8 Å². The molecule has 0 bridgehead atoms. The molecule has 0 spiro atoms. The Morgan fingerprint density at radius 2 is 2.50 bits per heavy atom. The van der Waals surface area contributed by atoms with E-state index in [0.717, 1.165) is 0 Å². The van der Waals surface area contributed by atoms with Crippen LogP contribution in [0.5, 0.6) is 0 Å². The number of nitrogens with zero attached hydrogens (tertiary/aromatic N) is 1. The maximum atomic E-state index is 7.89. The number of nitrogens with two attached hydrogens (primary N) is 1. The van der Waals surface area contributed by atoms with E-state index < -0.39 is 0 Å². The van der Waals surface area contributed by atoms with Crippen LogP contribution in [-0.2, 0) is 0 Å². The Labute approximate surface area is 36.9 Å². The molecule has 0 aromatic carbocycles. The number of nitriles is 1. The van der Waals surface area contributed by atoms with Crippen LogP contribution in [0, 0.1) is 11.3 Å². The molecule has 0 aromatic heterocycles. The highest BCUT2D eigenvalue weighted by molar-refractivity contribution is 5.14. The third-order valence-electron chi connectivity index (χ3n) is 0.440. The summed E-state index contributed by atoms with van der Waals surface area (Å²) < 4.78 is 0. The van der Waals surface area contributed by atoms with Crippen molar-refractivity contribution >= 4 is 0 Å². The Morgan fingerprint density at radius 3 is 2.50 bits per heavy atom. The summed E-state index contributed by atoms with van der Waals surface area (Å²) in [6.45, 7) is 1.72. The van der Waals surface area contributed by atoms with Gasteiger partial charge in [-0.05, 0) is 6.92 Å². The van der Waals surface area contributed by atoms with Crippen LogP contribution in [0.15, 0.2) is 11.8 Å². The molecule has 2 heteroatoms. The first-order valence-corrected chi connectivity index (χ1v) is 1.63. The fraction of sp³-hybridized carbons (Fsp3) is 0.250. The van der Waals surface area contributed by atoms with E-state index in [1.54, 1.807) is 19.1 Å². The van der Waals surface area contributed by atoms with Crippen molar-refractivity contribution in [2.24, 2.45) is 5.73 Å². The monoisotopic (exact) mass is 82.1 g/mol. The predicted molar refractivity (Wildman–Crippen MR) is 23.6 cm³/mol. The zero-order chi connectivity index (χ0) is 4.99. The Bertz CT molecular complexity index is 96.6. The lowest BCUT2D eigenvalue weighted by Crippen LogP contribution is -1.89. The largest absolute Gasteiger partial charge is 0.390 e. The van der Waals surface area contributed by atoms with Crippen molar-refractivity contribution in [2.75, 3.05) is 0 Å². The van der Waals surface area contributed by atoms with Crippen LogP contribution < -0.4 is 5.73 Å². The summed E-state index contributed by atoms with van der Waals surface area (Å²) in [5.41, 5.74) is 5.25. The highest BCUT2D eigenvalue weighted by Crippen LogP contribution is 1.72. The summed E-state index contributed by atoms with van der Waals surface area (Å²) in [5.74, 6) is 0. The SMILES string of the molecule is CC=C(N)C#N. The van der Waals surface area contributed by atoms with E-state index >= 15 is 0 Å². The van der Waals surface area contributed by atoms with E-state index in [2.05, 4.69) is 0 Å². The summed E-state index contributed by atoms with van der Waals surface area (Å²) in [6.07, 6.45) is 1.56. The molecule has 0 amide bonds. The van der Waals surface area contributed by atoms with Gasteiger partial charge in [-0.1, -0.05) is 6.08 Å². The zero-order valence-electron chi connectivity index (χ0n) is 3.60. The van der Waals surface area contributed by atoms with Gasteiger partial charge in [-0.3, -0.25) is 0 Å². The minimum atomic E-state index is 0.273. The number of allylic oxidation sites excluding steroid dienone is 2. The second-order valence-electron chi connectivity index (χ2n) is 0.856. The molecule has 0 aromatic rings. The van der Waals surface area contributed by atoms with Gasteiger partial charge in [-0.2, -0.15) is 5.26 Å². The van der Waals surface area contributed by atoms with Crippen LogP contribution >= 0.6 is 0 Å². The Balaban J connectivity index is 3.61. The fourth-order valence-electron chi connectivity index (χ4n) is 0.0645. The number of rotatable bonds is 0. The summed E-state index contributed by atoms with van der Waals surface area (Å²) in [5, 5.41) is 7.89.